The van der Waals surface area contributed by atoms with Gasteiger partial charge in [-0.1, -0.05) is 78.4 Å². The third-order valence-corrected chi connectivity index (χ3v) is 4.20. The van der Waals surface area contributed by atoms with Crippen molar-refractivity contribution in [3.63, 3.8) is 0 Å². The Balaban J connectivity index is 1.81. The lowest BCUT2D eigenvalue weighted by Crippen LogP contribution is -2.30. The van der Waals surface area contributed by atoms with Crippen LogP contribution >= 0.6 is 11.6 Å². The fourth-order valence-corrected chi connectivity index (χ4v) is 2.73. The van der Waals surface area contributed by atoms with Crippen molar-refractivity contribution in [1.82, 2.24) is 5.32 Å². The Kier molecular flexibility index (Phi) is 6.98. The van der Waals surface area contributed by atoms with E-state index in [1.807, 2.05) is 42.5 Å². The van der Waals surface area contributed by atoms with E-state index in [-0.39, 0.29) is 11.6 Å². The minimum atomic E-state index is -0.450. The summed E-state index contributed by atoms with van der Waals surface area (Å²) < 4.78 is 0. The Hall–Kier alpha value is -3.63. The molecule has 0 saturated carbocycles. The highest BCUT2D eigenvalue weighted by molar-refractivity contribution is 6.31. The molecule has 0 saturated heterocycles. The van der Waals surface area contributed by atoms with Crippen LogP contribution in [0.1, 0.15) is 15.9 Å². The molecule has 0 aromatic heterocycles. The van der Waals surface area contributed by atoms with Gasteiger partial charge in [-0.2, -0.15) is 0 Å². The molecule has 0 atom stereocenters. The summed E-state index contributed by atoms with van der Waals surface area (Å²) in [5, 5.41) is 5.93. The third-order valence-electron chi connectivity index (χ3n) is 3.96. The Morgan fingerprint density at radius 1 is 0.828 bits per heavy atom. The molecule has 0 unspecified atom stereocenters. The zero-order valence-corrected chi connectivity index (χ0v) is 16.3. The van der Waals surface area contributed by atoms with E-state index in [4.69, 9.17) is 11.6 Å². The number of hydrogen-bond acceptors (Lipinski definition) is 2. The molecular weight excluding hydrogens is 384 g/mol. The summed E-state index contributed by atoms with van der Waals surface area (Å²) in [6.07, 6.45) is 5.13. The van der Waals surface area contributed by atoms with Crippen molar-refractivity contribution in [2.45, 2.75) is 0 Å². The molecule has 29 heavy (non-hydrogen) atoms. The monoisotopic (exact) mass is 402 g/mol. The first kappa shape index (κ1) is 20.1. The van der Waals surface area contributed by atoms with Crippen molar-refractivity contribution in [3.05, 3.63) is 119 Å². The molecule has 0 aliphatic heterocycles. The van der Waals surface area contributed by atoms with Crippen LogP contribution in [0.25, 0.3) is 6.08 Å². The average molecular weight is 403 g/mol. The Labute approximate surface area is 174 Å². The van der Waals surface area contributed by atoms with Crippen molar-refractivity contribution in [1.29, 1.82) is 0 Å². The molecule has 4 nitrogen and oxygen atoms in total. The van der Waals surface area contributed by atoms with E-state index in [9.17, 15) is 9.59 Å². The number of halogens is 1. The summed E-state index contributed by atoms with van der Waals surface area (Å²) >= 11 is 5.98. The second kappa shape index (κ2) is 10.1. The van der Waals surface area contributed by atoms with Crippen LogP contribution in [0.15, 0.2) is 103 Å². The van der Waals surface area contributed by atoms with Crippen molar-refractivity contribution < 1.29 is 9.59 Å². The van der Waals surface area contributed by atoms with E-state index in [0.717, 1.165) is 5.56 Å². The number of carbonyl (C=O) groups is 2. The standard InChI is InChI=1S/C24H19ClN2O2/c25-20-14-8-15-21(17-20)26-24(29)22(16-7-11-18-9-3-1-4-10-18)27-23(28)19-12-5-2-6-13-19/h1-17H,(H,26,29)(H,27,28)/b11-7+,22-16+. The summed E-state index contributed by atoms with van der Waals surface area (Å²) in [6, 6.07) is 25.2. The van der Waals surface area contributed by atoms with Gasteiger partial charge in [0.1, 0.15) is 5.70 Å². The van der Waals surface area contributed by atoms with E-state index < -0.39 is 5.91 Å². The quantitative estimate of drug-likeness (QED) is 0.434. The van der Waals surface area contributed by atoms with Crippen LogP contribution in [0.4, 0.5) is 5.69 Å². The fraction of sp³-hybridized carbons (Fsp3) is 0. The molecule has 0 aliphatic rings. The van der Waals surface area contributed by atoms with Crippen LogP contribution in [0.5, 0.6) is 0 Å². The molecule has 0 aliphatic carbocycles. The molecule has 3 rings (SSSR count). The largest absolute Gasteiger partial charge is 0.321 e. The lowest BCUT2D eigenvalue weighted by molar-refractivity contribution is -0.113. The van der Waals surface area contributed by atoms with E-state index in [1.165, 1.54) is 0 Å². The molecule has 0 fully saturated rings. The Bertz CT molecular complexity index is 1040. The van der Waals surface area contributed by atoms with Crippen LogP contribution in [-0.2, 0) is 4.79 Å². The summed E-state index contributed by atoms with van der Waals surface area (Å²) in [5.74, 6) is -0.819. The molecule has 5 heteroatoms. The van der Waals surface area contributed by atoms with Gasteiger partial charge >= 0.3 is 0 Å². The SMILES string of the molecule is O=C(Nc1cccc(Cl)c1)/C(=C\C=C\c1ccccc1)NC(=O)c1ccccc1. The van der Waals surface area contributed by atoms with E-state index in [0.29, 0.717) is 16.3 Å². The molecule has 2 amide bonds. The second-order valence-corrected chi connectivity index (χ2v) is 6.57. The van der Waals surface area contributed by atoms with Gasteiger partial charge in [0.2, 0.25) is 0 Å². The minimum absolute atomic E-state index is 0.117. The van der Waals surface area contributed by atoms with E-state index in [2.05, 4.69) is 10.6 Å². The molecule has 0 spiro atoms. The first-order valence-electron chi connectivity index (χ1n) is 8.98. The van der Waals surface area contributed by atoms with Gasteiger partial charge in [-0.05, 0) is 42.0 Å². The Morgan fingerprint density at radius 2 is 1.52 bits per heavy atom. The maximum atomic E-state index is 12.8. The van der Waals surface area contributed by atoms with Gasteiger partial charge in [0.25, 0.3) is 11.8 Å². The number of amides is 2. The zero-order valence-electron chi connectivity index (χ0n) is 15.5. The molecule has 3 aromatic rings. The van der Waals surface area contributed by atoms with Gasteiger partial charge in [-0.25, -0.2) is 0 Å². The molecular formula is C24H19ClN2O2. The number of allylic oxidation sites excluding steroid dienone is 2. The van der Waals surface area contributed by atoms with Gasteiger partial charge in [0.05, 0.1) is 0 Å². The molecule has 144 valence electrons. The Morgan fingerprint density at radius 3 is 2.21 bits per heavy atom. The second-order valence-electron chi connectivity index (χ2n) is 6.13. The van der Waals surface area contributed by atoms with Crippen LogP contribution in [-0.4, -0.2) is 11.8 Å². The highest BCUT2D eigenvalue weighted by atomic mass is 35.5. The van der Waals surface area contributed by atoms with Crippen molar-refractivity contribution in [3.8, 4) is 0 Å². The molecule has 0 heterocycles. The normalized spacial score (nSPS) is 11.3. The third kappa shape index (κ3) is 6.19. The predicted octanol–water partition coefficient (Wildman–Crippen LogP) is 5.31. The molecule has 0 radical (unpaired) electrons. The van der Waals surface area contributed by atoms with Gasteiger partial charge in [0, 0.05) is 16.3 Å². The smallest absolute Gasteiger partial charge is 0.272 e. The van der Waals surface area contributed by atoms with Crippen LogP contribution in [0.3, 0.4) is 0 Å². The summed E-state index contributed by atoms with van der Waals surface area (Å²) in [7, 11) is 0. The lowest BCUT2D eigenvalue weighted by atomic mass is 10.2. The van der Waals surface area contributed by atoms with Gasteiger partial charge in [-0.3, -0.25) is 9.59 Å². The fourth-order valence-electron chi connectivity index (χ4n) is 2.54. The number of rotatable bonds is 6. The van der Waals surface area contributed by atoms with Gasteiger partial charge in [0.15, 0.2) is 0 Å². The van der Waals surface area contributed by atoms with Crippen molar-refractivity contribution in [2.24, 2.45) is 0 Å². The molecule has 3 aromatic carbocycles. The number of carbonyl (C=O) groups excluding carboxylic acids is 2. The maximum Gasteiger partial charge on any atom is 0.272 e. The topological polar surface area (TPSA) is 58.2 Å². The van der Waals surface area contributed by atoms with Gasteiger partial charge < -0.3 is 10.6 Å². The van der Waals surface area contributed by atoms with Crippen LogP contribution in [0, 0.1) is 0 Å². The highest BCUT2D eigenvalue weighted by Crippen LogP contribution is 2.15. The van der Waals surface area contributed by atoms with Crippen LogP contribution < -0.4 is 10.6 Å². The highest BCUT2D eigenvalue weighted by Gasteiger charge is 2.14. The van der Waals surface area contributed by atoms with E-state index in [1.54, 1.807) is 60.7 Å². The minimum Gasteiger partial charge on any atom is -0.321 e. The number of hydrogen-bond donors (Lipinski definition) is 2. The number of anilines is 1. The molecule has 0 bridgehead atoms. The zero-order chi connectivity index (χ0) is 20.5. The lowest BCUT2D eigenvalue weighted by Gasteiger charge is -2.11. The number of nitrogens with one attached hydrogen (secondary N) is 2. The molecule has 2 N–H and O–H groups in total. The summed E-state index contributed by atoms with van der Waals surface area (Å²) in [5.41, 5.74) is 2.09. The van der Waals surface area contributed by atoms with Crippen molar-refractivity contribution in [2.75, 3.05) is 5.32 Å². The predicted molar refractivity (Wildman–Crippen MR) is 118 cm³/mol. The first-order chi connectivity index (χ1) is 14.1. The summed E-state index contributed by atoms with van der Waals surface area (Å²) in [4.78, 5) is 25.3. The number of benzene rings is 3. The maximum absolute atomic E-state index is 12.8. The van der Waals surface area contributed by atoms with Crippen molar-refractivity contribution >= 4 is 35.2 Å². The van der Waals surface area contributed by atoms with E-state index >= 15 is 0 Å². The first-order valence-corrected chi connectivity index (χ1v) is 9.36. The van der Waals surface area contributed by atoms with Gasteiger partial charge in [-0.15, -0.1) is 0 Å². The van der Waals surface area contributed by atoms with Crippen LogP contribution in [0.2, 0.25) is 5.02 Å². The average Bonchev–Trinajstić information content (AvgIpc) is 2.74. The summed E-state index contributed by atoms with van der Waals surface area (Å²) in [6.45, 7) is 0.